The molecule has 27 heavy (non-hydrogen) atoms. The summed E-state index contributed by atoms with van der Waals surface area (Å²) in [5.41, 5.74) is 3.70. The van der Waals surface area contributed by atoms with E-state index in [-0.39, 0.29) is 11.5 Å². The highest BCUT2D eigenvalue weighted by Gasteiger charge is 2.21. The SMILES string of the molecule is CNc1cc(Nc2ccc(C3CCC3)cc2SC)c2[nH]c(C(F)F)nc2n1. The lowest BCUT2D eigenvalue weighted by Crippen LogP contribution is -2.09. The van der Waals surface area contributed by atoms with Gasteiger partial charge in [0.05, 0.1) is 11.4 Å². The van der Waals surface area contributed by atoms with Gasteiger partial charge in [0.25, 0.3) is 6.43 Å². The second-order valence-electron chi connectivity index (χ2n) is 6.64. The maximum atomic E-state index is 13.1. The summed E-state index contributed by atoms with van der Waals surface area (Å²) in [6.45, 7) is 0. The number of thioether (sulfide) groups is 1. The third kappa shape index (κ3) is 3.45. The van der Waals surface area contributed by atoms with Crippen molar-refractivity contribution in [3.8, 4) is 0 Å². The number of hydrogen-bond donors (Lipinski definition) is 3. The minimum absolute atomic E-state index is 0.261. The second-order valence-corrected chi connectivity index (χ2v) is 7.49. The monoisotopic (exact) mass is 389 g/mol. The van der Waals surface area contributed by atoms with E-state index in [9.17, 15) is 8.78 Å². The van der Waals surface area contributed by atoms with E-state index in [2.05, 4.69) is 43.8 Å². The highest BCUT2D eigenvalue weighted by atomic mass is 32.2. The molecule has 0 unspecified atom stereocenters. The molecule has 0 saturated heterocycles. The van der Waals surface area contributed by atoms with Crippen LogP contribution in [0, 0.1) is 0 Å². The third-order valence-electron chi connectivity index (χ3n) is 5.01. The zero-order valence-corrected chi connectivity index (χ0v) is 16.0. The van der Waals surface area contributed by atoms with Crippen LogP contribution < -0.4 is 10.6 Å². The van der Waals surface area contributed by atoms with Crippen LogP contribution in [-0.2, 0) is 0 Å². The van der Waals surface area contributed by atoms with Crippen LogP contribution in [0.15, 0.2) is 29.2 Å². The molecule has 4 rings (SSSR count). The van der Waals surface area contributed by atoms with Crippen molar-refractivity contribution in [2.24, 2.45) is 0 Å². The molecule has 1 fully saturated rings. The number of halogens is 2. The fourth-order valence-corrected chi connectivity index (χ4v) is 3.88. The Bertz CT molecular complexity index is 968. The van der Waals surface area contributed by atoms with Crippen molar-refractivity contribution in [1.29, 1.82) is 0 Å². The van der Waals surface area contributed by atoms with Gasteiger partial charge in [0.1, 0.15) is 11.3 Å². The molecule has 0 radical (unpaired) electrons. The van der Waals surface area contributed by atoms with Crippen molar-refractivity contribution in [3.63, 3.8) is 0 Å². The van der Waals surface area contributed by atoms with Crippen molar-refractivity contribution in [1.82, 2.24) is 15.0 Å². The summed E-state index contributed by atoms with van der Waals surface area (Å²) in [7, 11) is 1.74. The van der Waals surface area contributed by atoms with Crippen molar-refractivity contribution >= 4 is 40.1 Å². The number of benzene rings is 1. The molecule has 2 aromatic heterocycles. The number of anilines is 3. The third-order valence-corrected chi connectivity index (χ3v) is 5.79. The van der Waals surface area contributed by atoms with E-state index in [1.54, 1.807) is 24.9 Å². The molecule has 1 aliphatic carbocycles. The maximum Gasteiger partial charge on any atom is 0.295 e. The number of alkyl halides is 2. The van der Waals surface area contributed by atoms with Crippen molar-refractivity contribution < 1.29 is 8.78 Å². The molecule has 1 aromatic carbocycles. The molecule has 5 nitrogen and oxygen atoms in total. The quantitative estimate of drug-likeness (QED) is 0.474. The van der Waals surface area contributed by atoms with Gasteiger partial charge >= 0.3 is 0 Å². The van der Waals surface area contributed by atoms with Crippen LogP contribution in [-0.4, -0.2) is 28.3 Å². The van der Waals surface area contributed by atoms with E-state index in [0.717, 1.165) is 10.6 Å². The normalized spacial score (nSPS) is 14.6. The Balaban J connectivity index is 1.73. The zero-order chi connectivity index (χ0) is 19.0. The molecule has 0 amide bonds. The topological polar surface area (TPSA) is 65.6 Å². The van der Waals surface area contributed by atoms with E-state index in [1.807, 2.05) is 6.26 Å². The lowest BCUT2D eigenvalue weighted by atomic mass is 9.80. The molecule has 142 valence electrons. The Kier molecular flexibility index (Phi) is 4.90. The van der Waals surface area contributed by atoms with Gasteiger partial charge in [-0.3, -0.25) is 0 Å². The molecular formula is C19H21F2N5S. The van der Waals surface area contributed by atoms with Crippen molar-refractivity contribution in [3.05, 3.63) is 35.7 Å². The largest absolute Gasteiger partial charge is 0.373 e. The summed E-state index contributed by atoms with van der Waals surface area (Å²) in [4.78, 5) is 12.0. The molecule has 3 aromatic rings. The molecule has 1 saturated carbocycles. The van der Waals surface area contributed by atoms with Crippen LogP contribution in [0.3, 0.4) is 0 Å². The number of pyridine rings is 1. The fourth-order valence-electron chi connectivity index (χ4n) is 3.29. The number of imidazole rings is 1. The van der Waals surface area contributed by atoms with Crippen LogP contribution in [0.1, 0.15) is 43.0 Å². The molecule has 0 bridgehead atoms. The van der Waals surface area contributed by atoms with Crippen LogP contribution >= 0.6 is 11.8 Å². The first-order valence-corrected chi connectivity index (χ1v) is 10.1. The molecule has 1 aliphatic rings. The minimum atomic E-state index is -2.67. The Hall–Kier alpha value is -2.35. The van der Waals surface area contributed by atoms with Gasteiger partial charge in [-0.15, -0.1) is 11.8 Å². The number of H-pyrrole nitrogens is 1. The van der Waals surface area contributed by atoms with Gasteiger partial charge in [-0.1, -0.05) is 12.5 Å². The first kappa shape index (κ1) is 18.0. The van der Waals surface area contributed by atoms with Crippen LogP contribution in [0.5, 0.6) is 0 Å². The zero-order valence-electron chi connectivity index (χ0n) is 15.1. The molecule has 0 atom stereocenters. The first-order valence-electron chi connectivity index (χ1n) is 8.90. The average Bonchev–Trinajstić information content (AvgIpc) is 3.06. The summed E-state index contributed by atoms with van der Waals surface area (Å²) in [6, 6.07) is 8.24. The number of hydrogen-bond acceptors (Lipinski definition) is 5. The van der Waals surface area contributed by atoms with Crippen molar-refractivity contribution in [2.45, 2.75) is 36.5 Å². The Morgan fingerprint density at radius 1 is 1.19 bits per heavy atom. The van der Waals surface area contributed by atoms with Crippen LogP contribution in [0.25, 0.3) is 11.2 Å². The van der Waals surface area contributed by atoms with Crippen molar-refractivity contribution in [2.75, 3.05) is 23.9 Å². The molecule has 0 aliphatic heterocycles. The van der Waals surface area contributed by atoms with Crippen LogP contribution in [0.2, 0.25) is 0 Å². The van der Waals surface area contributed by atoms with E-state index >= 15 is 0 Å². The summed E-state index contributed by atoms with van der Waals surface area (Å²) < 4.78 is 26.1. The van der Waals surface area contributed by atoms with Crippen LogP contribution in [0.4, 0.5) is 26.0 Å². The highest BCUT2D eigenvalue weighted by molar-refractivity contribution is 7.98. The lowest BCUT2D eigenvalue weighted by Gasteiger charge is -2.26. The predicted molar refractivity (Wildman–Crippen MR) is 106 cm³/mol. The molecular weight excluding hydrogens is 368 g/mol. The maximum absolute atomic E-state index is 13.1. The molecule has 3 N–H and O–H groups in total. The van der Waals surface area contributed by atoms with Gasteiger partial charge in [-0.05, 0) is 42.7 Å². The second kappa shape index (κ2) is 7.34. The highest BCUT2D eigenvalue weighted by Crippen LogP contribution is 2.40. The van der Waals surface area contributed by atoms with Gasteiger partial charge in [0, 0.05) is 18.0 Å². The standard InChI is InChI=1S/C19H21F2N5S/c1-22-15-9-13(16-18(24-15)26-19(25-16)17(20)21)23-12-7-6-11(8-14(12)27-2)10-4-3-5-10/h6-10,17H,3-5H2,1-2H3,(H3,22,23,24,25,26). The van der Waals surface area contributed by atoms with Gasteiger partial charge in [0.15, 0.2) is 11.5 Å². The van der Waals surface area contributed by atoms with E-state index in [4.69, 9.17) is 0 Å². The molecule has 0 spiro atoms. The number of aromatic nitrogens is 3. The number of rotatable bonds is 6. The van der Waals surface area contributed by atoms with Gasteiger partial charge in [0.2, 0.25) is 0 Å². The lowest BCUT2D eigenvalue weighted by molar-refractivity contribution is 0.142. The summed E-state index contributed by atoms with van der Waals surface area (Å²) in [5.74, 6) is 0.850. The Labute approximate surface area is 160 Å². The molecule has 8 heteroatoms. The average molecular weight is 389 g/mol. The van der Waals surface area contributed by atoms with Gasteiger partial charge in [-0.2, -0.15) is 0 Å². The summed E-state index contributed by atoms with van der Waals surface area (Å²) in [6.07, 6.45) is 3.17. The summed E-state index contributed by atoms with van der Waals surface area (Å²) in [5, 5.41) is 6.33. The van der Waals surface area contributed by atoms with E-state index in [0.29, 0.717) is 22.9 Å². The van der Waals surface area contributed by atoms with E-state index < -0.39 is 6.43 Å². The number of nitrogens with one attached hydrogen (secondary N) is 3. The number of nitrogens with zero attached hydrogens (tertiary/aromatic N) is 2. The summed E-state index contributed by atoms with van der Waals surface area (Å²) >= 11 is 1.67. The molecule has 2 heterocycles. The number of fused-ring (bicyclic) bond motifs is 1. The first-order chi connectivity index (χ1) is 13.1. The smallest absolute Gasteiger partial charge is 0.295 e. The van der Waals surface area contributed by atoms with Gasteiger partial charge in [-0.25, -0.2) is 18.7 Å². The minimum Gasteiger partial charge on any atom is -0.373 e. The Morgan fingerprint density at radius 3 is 2.63 bits per heavy atom. The Morgan fingerprint density at radius 2 is 2.00 bits per heavy atom. The fraction of sp³-hybridized carbons (Fsp3) is 0.368. The van der Waals surface area contributed by atoms with Gasteiger partial charge < -0.3 is 15.6 Å². The number of aromatic amines is 1. The predicted octanol–water partition coefficient (Wildman–Crippen LogP) is 5.67. The van der Waals surface area contributed by atoms with E-state index in [1.165, 1.54) is 24.8 Å².